The lowest BCUT2D eigenvalue weighted by molar-refractivity contribution is -0.142. The molecule has 31 heavy (non-hydrogen) atoms. The molecule has 0 aliphatic carbocycles. The second-order valence-corrected chi connectivity index (χ2v) is 10.3. The van der Waals surface area contributed by atoms with Gasteiger partial charge in [-0.15, -0.1) is 0 Å². The maximum Gasteiger partial charge on any atom is 0.325 e. The molecule has 168 valence electrons. The monoisotopic (exact) mass is 447 g/mol. The van der Waals surface area contributed by atoms with Gasteiger partial charge in [-0.2, -0.15) is 0 Å². The second kappa shape index (κ2) is 10.6. The summed E-state index contributed by atoms with van der Waals surface area (Å²) >= 11 is 0. The van der Waals surface area contributed by atoms with E-state index in [9.17, 15) is 24.2 Å². The van der Waals surface area contributed by atoms with Crippen molar-refractivity contribution in [3.8, 4) is 5.75 Å². The maximum absolute atomic E-state index is 12.4. The summed E-state index contributed by atoms with van der Waals surface area (Å²) in [4.78, 5) is 33.7. The Kier molecular flexibility index (Phi) is 8.43. The number of phenolic OH excluding ortho intramolecular Hbond substituents is 1. The summed E-state index contributed by atoms with van der Waals surface area (Å²) in [5, 5.41) is 12.6. The lowest BCUT2D eigenvalue weighted by Gasteiger charge is -2.15. The Labute approximate surface area is 182 Å². The Morgan fingerprint density at radius 3 is 2.32 bits per heavy atom. The van der Waals surface area contributed by atoms with Gasteiger partial charge in [-0.25, -0.2) is 0 Å². The van der Waals surface area contributed by atoms with Gasteiger partial charge in [0.25, 0.3) is 5.91 Å². The molecule has 0 fully saturated rings. The summed E-state index contributed by atoms with van der Waals surface area (Å²) < 4.78 is 16.7. The van der Waals surface area contributed by atoms with Crippen molar-refractivity contribution in [1.82, 2.24) is 5.32 Å². The number of carbonyl (C=O) groups excluding carboxylic acids is 2. The van der Waals surface area contributed by atoms with Gasteiger partial charge in [-0.05, 0) is 66.6 Å². The highest BCUT2D eigenvalue weighted by Crippen LogP contribution is 2.40. The van der Waals surface area contributed by atoms with Crippen LogP contribution in [-0.2, 0) is 26.7 Å². The highest BCUT2D eigenvalue weighted by Gasteiger charge is 2.16. The van der Waals surface area contributed by atoms with Crippen molar-refractivity contribution >= 4 is 19.2 Å². The topological polar surface area (TPSA) is 113 Å². The number of aryl methyl sites for hydroxylation is 2. The molecule has 0 aromatic heterocycles. The van der Waals surface area contributed by atoms with E-state index < -0.39 is 19.2 Å². The van der Waals surface area contributed by atoms with Crippen LogP contribution in [0.1, 0.15) is 51.5 Å². The van der Waals surface area contributed by atoms with Crippen LogP contribution in [0.2, 0.25) is 0 Å². The predicted octanol–water partition coefficient (Wildman–Crippen LogP) is 3.68. The van der Waals surface area contributed by atoms with Crippen molar-refractivity contribution in [2.75, 3.05) is 19.8 Å². The predicted molar refractivity (Wildman–Crippen MR) is 120 cm³/mol. The molecule has 2 rings (SSSR count). The van der Waals surface area contributed by atoms with E-state index in [2.05, 4.69) is 5.32 Å². The summed E-state index contributed by atoms with van der Waals surface area (Å²) in [6, 6.07) is 8.61. The molecule has 0 bridgehead atoms. The fraction of sp³-hybridized carbons (Fsp3) is 0.391. The van der Waals surface area contributed by atoms with Crippen molar-refractivity contribution in [2.45, 2.75) is 39.8 Å². The number of benzene rings is 2. The average molecular weight is 447 g/mol. The third-order valence-electron chi connectivity index (χ3n) is 4.78. The van der Waals surface area contributed by atoms with Crippen LogP contribution in [0.3, 0.4) is 0 Å². The molecular weight excluding hydrogens is 417 g/mol. The van der Waals surface area contributed by atoms with E-state index in [-0.39, 0.29) is 24.0 Å². The van der Waals surface area contributed by atoms with Gasteiger partial charge in [0.15, 0.2) is 0 Å². The SMILES string of the molecule is CCCOC(=O)CNC(=O)c1cc(Cc2c(C)cc(CP(C)(=O)O)cc2C)ccc1O. The van der Waals surface area contributed by atoms with Crippen LogP contribution in [0.4, 0.5) is 0 Å². The minimum absolute atomic E-state index is 0.0833. The molecular formula is C23H30NO6P. The second-order valence-electron chi connectivity index (χ2n) is 7.85. The molecule has 0 heterocycles. The first-order valence-electron chi connectivity index (χ1n) is 10.1. The van der Waals surface area contributed by atoms with Crippen molar-refractivity contribution in [3.63, 3.8) is 0 Å². The molecule has 0 radical (unpaired) electrons. The molecule has 7 nitrogen and oxygen atoms in total. The molecule has 2 aromatic carbocycles. The summed E-state index contributed by atoms with van der Waals surface area (Å²) in [6.07, 6.45) is 1.35. The average Bonchev–Trinajstić information content (AvgIpc) is 2.67. The number of amides is 1. The first-order chi connectivity index (χ1) is 14.5. The fourth-order valence-electron chi connectivity index (χ4n) is 3.39. The lowest BCUT2D eigenvalue weighted by Crippen LogP contribution is -2.30. The van der Waals surface area contributed by atoms with E-state index in [1.54, 1.807) is 12.1 Å². The number of ether oxygens (including phenoxy) is 1. The van der Waals surface area contributed by atoms with E-state index in [1.807, 2.05) is 32.9 Å². The molecule has 2 aromatic rings. The Morgan fingerprint density at radius 1 is 1.10 bits per heavy atom. The summed E-state index contributed by atoms with van der Waals surface area (Å²) in [5.41, 5.74) is 4.74. The molecule has 1 amide bonds. The summed E-state index contributed by atoms with van der Waals surface area (Å²) in [5.74, 6) is -1.26. The van der Waals surface area contributed by atoms with Crippen molar-refractivity contribution in [2.24, 2.45) is 0 Å². The van der Waals surface area contributed by atoms with E-state index in [0.717, 1.165) is 27.8 Å². The molecule has 1 atom stereocenters. The highest BCUT2D eigenvalue weighted by atomic mass is 31.2. The van der Waals surface area contributed by atoms with Crippen LogP contribution < -0.4 is 5.32 Å². The zero-order valence-corrected chi connectivity index (χ0v) is 19.3. The van der Waals surface area contributed by atoms with E-state index >= 15 is 0 Å². The van der Waals surface area contributed by atoms with Gasteiger partial charge in [0.2, 0.25) is 7.37 Å². The standard InChI is InChI=1S/C23H30NO6P/c1-5-8-30-22(26)13-24-23(27)20-12-17(6-7-21(20)25)11-19-15(2)9-18(10-16(19)3)14-31(4,28)29/h6-7,9-10,12,25H,5,8,11,13-14H2,1-4H3,(H,24,27)(H,28,29). The zero-order valence-electron chi connectivity index (χ0n) is 18.4. The Balaban J connectivity index is 2.17. The molecule has 0 saturated heterocycles. The minimum atomic E-state index is -3.16. The first-order valence-corrected chi connectivity index (χ1v) is 12.4. The third kappa shape index (κ3) is 7.53. The number of carbonyl (C=O) groups is 2. The number of hydrogen-bond donors (Lipinski definition) is 3. The van der Waals surface area contributed by atoms with Crippen LogP contribution in [0, 0.1) is 13.8 Å². The quantitative estimate of drug-likeness (QED) is 0.399. The van der Waals surface area contributed by atoms with Gasteiger partial charge in [-0.1, -0.05) is 25.1 Å². The molecule has 0 saturated carbocycles. The smallest absolute Gasteiger partial charge is 0.325 e. The van der Waals surface area contributed by atoms with Gasteiger partial charge < -0.3 is 20.1 Å². The summed E-state index contributed by atoms with van der Waals surface area (Å²) in [6.45, 7) is 7.13. The molecule has 8 heteroatoms. The number of aromatic hydroxyl groups is 1. The van der Waals surface area contributed by atoms with Crippen molar-refractivity contribution in [1.29, 1.82) is 0 Å². The van der Waals surface area contributed by atoms with Crippen LogP contribution in [0.5, 0.6) is 5.75 Å². The number of esters is 1. The van der Waals surface area contributed by atoms with E-state index in [1.165, 1.54) is 12.7 Å². The third-order valence-corrected chi connectivity index (χ3v) is 5.73. The van der Waals surface area contributed by atoms with Crippen LogP contribution >= 0.6 is 7.37 Å². The van der Waals surface area contributed by atoms with E-state index in [0.29, 0.717) is 19.4 Å². The Hall–Kier alpha value is -2.63. The Bertz CT molecular complexity index is 988. The van der Waals surface area contributed by atoms with Gasteiger partial charge >= 0.3 is 5.97 Å². The highest BCUT2D eigenvalue weighted by molar-refractivity contribution is 7.56. The van der Waals surface area contributed by atoms with E-state index in [4.69, 9.17) is 4.74 Å². The number of phenols is 1. The van der Waals surface area contributed by atoms with Crippen molar-refractivity contribution in [3.05, 3.63) is 63.7 Å². The van der Waals surface area contributed by atoms with Crippen LogP contribution in [0.25, 0.3) is 0 Å². The zero-order chi connectivity index (χ0) is 23.2. The maximum atomic E-state index is 12.4. The largest absolute Gasteiger partial charge is 0.507 e. The first kappa shape index (κ1) is 24.6. The lowest BCUT2D eigenvalue weighted by atomic mass is 9.93. The summed E-state index contributed by atoms with van der Waals surface area (Å²) in [7, 11) is -3.16. The molecule has 1 unspecified atom stereocenters. The molecule has 3 N–H and O–H groups in total. The number of rotatable bonds is 9. The number of nitrogens with one attached hydrogen (secondary N) is 1. The fourth-order valence-corrected chi connectivity index (χ4v) is 4.25. The van der Waals surface area contributed by atoms with Gasteiger partial charge in [-0.3, -0.25) is 14.2 Å². The molecule has 0 aliphatic heterocycles. The van der Waals surface area contributed by atoms with Gasteiger partial charge in [0.05, 0.1) is 12.2 Å². The Morgan fingerprint density at radius 2 is 1.74 bits per heavy atom. The van der Waals surface area contributed by atoms with Gasteiger partial charge in [0, 0.05) is 12.8 Å². The van der Waals surface area contributed by atoms with Crippen LogP contribution in [-0.4, -0.2) is 41.7 Å². The molecule has 0 spiro atoms. The van der Waals surface area contributed by atoms with Gasteiger partial charge in [0.1, 0.15) is 12.3 Å². The van der Waals surface area contributed by atoms with Crippen LogP contribution in [0.15, 0.2) is 30.3 Å². The number of hydrogen-bond acceptors (Lipinski definition) is 5. The van der Waals surface area contributed by atoms with Crippen molar-refractivity contribution < 1.29 is 28.9 Å². The minimum Gasteiger partial charge on any atom is -0.507 e. The normalized spacial score (nSPS) is 12.8. The molecule has 0 aliphatic rings.